The van der Waals surface area contributed by atoms with Gasteiger partial charge in [-0.25, -0.2) is 0 Å². The second-order valence-electron chi connectivity index (χ2n) is 8.47. The standard InChI is InChI=1S/C20H38ClN3O4S/c1-6-7-12-8-14(24(4)10-12)19(27)23-15(11(2)21)18-16(25)13(9-22-3)17(26)20(28-18)29-5/h11-18,20,22,25-26H,6-10H2,1-5H3,(H,23,27). The SMILES string of the molecule is CCCC1CC(C(=O)NC(C(C)Cl)C2OC(SC)C(O)C(CNC)C2O)N(C)C1. The van der Waals surface area contributed by atoms with Crippen molar-refractivity contribution in [3.8, 4) is 0 Å². The van der Waals surface area contributed by atoms with Crippen LogP contribution >= 0.6 is 23.4 Å². The third-order valence-electron chi connectivity index (χ3n) is 6.25. The number of rotatable bonds is 9. The molecular weight excluding hydrogens is 414 g/mol. The molecule has 0 aliphatic carbocycles. The van der Waals surface area contributed by atoms with E-state index in [0.717, 1.165) is 25.8 Å². The van der Waals surface area contributed by atoms with Gasteiger partial charge in [0.05, 0.1) is 29.7 Å². The molecule has 9 unspecified atom stereocenters. The van der Waals surface area contributed by atoms with Crippen LogP contribution in [0, 0.1) is 11.8 Å². The van der Waals surface area contributed by atoms with E-state index >= 15 is 0 Å². The van der Waals surface area contributed by atoms with E-state index in [4.69, 9.17) is 16.3 Å². The van der Waals surface area contributed by atoms with Crippen LogP contribution in [0.15, 0.2) is 0 Å². The van der Waals surface area contributed by atoms with Crippen LogP contribution in [0.1, 0.15) is 33.1 Å². The van der Waals surface area contributed by atoms with Crippen molar-refractivity contribution < 1.29 is 19.7 Å². The molecule has 0 saturated carbocycles. The molecule has 2 heterocycles. The fourth-order valence-electron chi connectivity index (χ4n) is 4.68. The molecule has 7 nitrogen and oxygen atoms in total. The molecule has 170 valence electrons. The lowest BCUT2D eigenvalue weighted by atomic mass is 9.85. The summed E-state index contributed by atoms with van der Waals surface area (Å²) in [5, 5.41) is 27.2. The summed E-state index contributed by atoms with van der Waals surface area (Å²) in [5.41, 5.74) is -0.486. The van der Waals surface area contributed by atoms with E-state index in [2.05, 4.69) is 22.5 Å². The Bertz CT molecular complexity index is 530. The number of amides is 1. The van der Waals surface area contributed by atoms with Gasteiger partial charge in [-0.15, -0.1) is 23.4 Å². The summed E-state index contributed by atoms with van der Waals surface area (Å²) < 4.78 is 6.03. The summed E-state index contributed by atoms with van der Waals surface area (Å²) in [6.07, 6.45) is 2.49. The maximum absolute atomic E-state index is 13.1. The Morgan fingerprint density at radius 2 is 2.07 bits per heavy atom. The number of likely N-dealkylation sites (N-methyl/N-ethyl adjacent to an activating group) is 1. The summed E-state index contributed by atoms with van der Waals surface area (Å²) in [7, 11) is 3.76. The number of aliphatic hydroxyl groups excluding tert-OH is 2. The van der Waals surface area contributed by atoms with Gasteiger partial charge in [-0.2, -0.15) is 0 Å². The smallest absolute Gasteiger partial charge is 0.237 e. The zero-order chi connectivity index (χ0) is 21.7. The number of carbonyl (C=O) groups excluding carboxylic acids is 1. The monoisotopic (exact) mass is 451 g/mol. The van der Waals surface area contributed by atoms with Crippen LogP contribution in [-0.2, 0) is 9.53 Å². The Kier molecular flexibility index (Phi) is 9.99. The van der Waals surface area contributed by atoms with Crippen LogP contribution in [-0.4, -0.2) is 95.7 Å². The first-order chi connectivity index (χ1) is 13.7. The van der Waals surface area contributed by atoms with E-state index in [-0.39, 0.29) is 11.9 Å². The molecule has 0 aromatic rings. The Morgan fingerprint density at radius 3 is 2.62 bits per heavy atom. The molecular formula is C20H38ClN3O4S. The van der Waals surface area contributed by atoms with Gasteiger partial charge in [-0.3, -0.25) is 9.69 Å². The van der Waals surface area contributed by atoms with Gasteiger partial charge in [-0.1, -0.05) is 13.3 Å². The lowest BCUT2D eigenvalue weighted by molar-refractivity contribution is -0.180. The highest BCUT2D eigenvalue weighted by molar-refractivity contribution is 7.99. The molecule has 29 heavy (non-hydrogen) atoms. The van der Waals surface area contributed by atoms with Crippen molar-refractivity contribution in [2.24, 2.45) is 11.8 Å². The number of ether oxygens (including phenoxy) is 1. The number of aliphatic hydroxyl groups is 2. The molecule has 4 N–H and O–H groups in total. The van der Waals surface area contributed by atoms with E-state index in [0.29, 0.717) is 12.5 Å². The number of thioether (sulfide) groups is 1. The van der Waals surface area contributed by atoms with E-state index in [1.54, 1.807) is 14.0 Å². The molecule has 0 spiro atoms. The van der Waals surface area contributed by atoms with Crippen LogP contribution in [0.3, 0.4) is 0 Å². The molecule has 2 rings (SSSR count). The van der Waals surface area contributed by atoms with Gasteiger partial charge < -0.3 is 25.6 Å². The summed E-state index contributed by atoms with van der Waals surface area (Å²) >= 11 is 7.85. The van der Waals surface area contributed by atoms with Crippen molar-refractivity contribution in [2.75, 3.05) is 33.4 Å². The Hall–Kier alpha value is -0.0900. The van der Waals surface area contributed by atoms with Crippen LogP contribution in [0.25, 0.3) is 0 Å². The summed E-state index contributed by atoms with van der Waals surface area (Å²) in [6.45, 7) is 5.33. The van der Waals surface area contributed by atoms with Gasteiger partial charge in [0.25, 0.3) is 0 Å². The van der Waals surface area contributed by atoms with E-state index in [9.17, 15) is 15.0 Å². The zero-order valence-electron chi connectivity index (χ0n) is 18.2. The van der Waals surface area contributed by atoms with Crippen molar-refractivity contribution in [3.05, 3.63) is 0 Å². The second kappa shape index (κ2) is 11.5. The molecule has 0 aromatic heterocycles. The topological polar surface area (TPSA) is 94.1 Å². The largest absolute Gasteiger partial charge is 0.390 e. The molecule has 0 aromatic carbocycles. The Balaban J connectivity index is 2.14. The molecule has 2 aliphatic heterocycles. The normalized spacial score (nSPS) is 38.0. The predicted molar refractivity (Wildman–Crippen MR) is 118 cm³/mol. The highest BCUT2D eigenvalue weighted by Crippen LogP contribution is 2.34. The van der Waals surface area contributed by atoms with Crippen LogP contribution in [0.4, 0.5) is 0 Å². The van der Waals surface area contributed by atoms with Gasteiger partial charge in [0, 0.05) is 19.0 Å². The van der Waals surface area contributed by atoms with Gasteiger partial charge in [0.1, 0.15) is 11.5 Å². The lowest BCUT2D eigenvalue weighted by Crippen LogP contribution is -2.64. The summed E-state index contributed by atoms with van der Waals surface area (Å²) in [4.78, 5) is 15.2. The van der Waals surface area contributed by atoms with Gasteiger partial charge in [0.2, 0.25) is 5.91 Å². The third kappa shape index (κ3) is 5.99. The molecule has 9 heteroatoms. The number of nitrogens with one attached hydrogen (secondary N) is 2. The fourth-order valence-corrected chi connectivity index (χ4v) is 5.61. The van der Waals surface area contributed by atoms with E-state index in [1.807, 2.05) is 13.3 Å². The number of likely N-dealkylation sites (tertiary alicyclic amines) is 1. The quantitative estimate of drug-likeness (QED) is 0.386. The summed E-state index contributed by atoms with van der Waals surface area (Å²) in [5.74, 6) is 0.0469. The molecule has 0 bridgehead atoms. The first-order valence-corrected chi connectivity index (χ1v) is 12.3. The van der Waals surface area contributed by atoms with Gasteiger partial charge in [0.15, 0.2) is 0 Å². The number of carbonyl (C=O) groups is 1. The third-order valence-corrected chi connectivity index (χ3v) is 7.37. The molecule has 0 radical (unpaired) electrons. The fraction of sp³-hybridized carbons (Fsp3) is 0.950. The van der Waals surface area contributed by atoms with Crippen molar-refractivity contribution in [1.82, 2.24) is 15.5 Å². The lowest BCUT2D eigenvalue weighted by Gasteiger charge is -2.46. The number of halogens is 1. The van der Waals surface area contributed by atoms with E-state index in [1.165, 1.54) is 11.8 Å². The highest BCUT2D eigenvalue weighted by Gasteiger charge is 2.48. The Labute approximate surface area is 184 Å². The van der Waals surface area contributed by atoms with Crippen molar-refractivity contribution in [2.45, 2.75) is 74.3 Å². The minimum absolute atomic E-state index is 0.0728. The van der Waals surface area contributed by atoms with Crippen molar-refractivity contribution in [3.63, 3.8) is 0 Å². The Morgan fingerprint density at radius 1 is 1.38 bits per heavy atom. The molecule has 2 fully saturated rings. The predicted octanol–water partition coefficient (Wildman–Crippen LogP) is 0.864. The molecule has 9 atom stereocenters. The minimum Gasteiger partial charge on any atom is -0.390 e. The van der Waals surface area contributed by atoms with Crippen LogP contribution < -0.4 is 10.6 Å². The van der Waals surface area contributed by atoms with Crippen LogP contribution in [0.2, 0.25) is 0 Å². The molecule has 1 amide bonds. The number of nitrogens with zero attached hydrogens (tertiary/aromatic N) is 1. The number of hydrogen-bond acceptors (Lipinski definition) is 7. The van der Waals surface area contributed by atoms with Gasteiger partial charge in [-0.05, 0) is 46.0 Å². The first kappa shape index (κ1) is 25.2. The molecule has 2 saturated heterocycles. The van der Waals surface area contributed by atoms with Gasteiger partial charge >= 0.3 is 0 Å². The zero-order valence-corrected chi connectivity index (χ0v) is 19.7. The van der Waals surface area contributed by atoms with Crippen molar-refractivity contribution >= 4 is 29.3 Å². The second-order valence-corrected chi connectivity index (χ2v) is 10.1. The highest BCUT2D eigenvalue weighted by atomic mass is 35.5. The van der Waals surface area contributed by atoms with Crippen LogP contribution in [0.5, 0.6) is 0 Å². The average molecular weight is 452 g/mol. The van der Waals surface area contributed by atoms with E-state index < -0.39 is 41.1 Å². The molecule has 2 aliphatic rings. The first-order valence-electron chi connectivity index (χ1n) is 10.6. The minimum atomic E-state index is -0.943. The number of alkyl halides is 1. The maximum Gasteiger partial charge on any atom is 0.237 e. The van der Waals surface area contributed by atoms with Crippen molar-refractivity contribution in [1.29, 1.82) is 0 Å². The maximum atomic E-state index is 13.1. The average Bonchev–Trinajstić information content (AvgIpc) is 3.04. The summed E-state index contributed by atoms with van der Waals surface area (Å²) in [6, 6.07) is -0.750. The number of hydrogen-bond donors (Lipinski definition) is 4.